The Hall–Kier alpha value is -3.20. The zero-order valence-corrected chi connectivity index (χ0v) is 16.9. The molecule has 4 rings (SSSR count). The first kappa shape index (κ1) is 19.1. The fourth-order valence-electron chi connectivity index (χ4n) is 3.42. The molecule has 0 aliphatic carbocycles. The summed E-state index contributed by atoms with van der Waals surface area (Å²) in [5, 5.41) is 4.32. The van der Waals surface area contributed by atoms with Gasteiger partial charge in [-0.1, -0.05) is 28.0 Å². The highest BCUT2D eigenvalue weighted by Gasteiger charge is 2.24. The molecule has 0 bridgehead atoms. The molecule has 0 atom stereocenters. The van der Waals surface area contributed by atoms with Crippen LogP contribution in [-0.4, -0.2) is 50.2 Å². The third-order valence-corrected chi connectivity index (χ3v) is 5.37. The highest BCUT2D eigenvalue weighted by molar-refractivity contribution is 7.92. The topological polar surface area (TPSA) is 103 Å². The van der Waals surface area contributed by atoms with Gasteiger partial charge in [-0.2, -0.15) is 0 Å². The minimum Gasteiger partial charge on any atom is -0.371 e. The third kappa shape index (κ3) is 4.29. The molecule has 1 saturated heterocycles. The molecule has 0 saturated carbocycles. The van der Waals surface area contributed by atoms with Crippen molar-refractivity contribution in [3.63, 3.8) is 0 Å². The molecule has 1 fully saturated rings. The minimum absolute atomic E-state index is 0.380. The predicted octanol–water partition coefficient (Wildman–Crippen LogP) is 2.43. The number of hydrogen-bond donors (Lipinski definition) is 2. The number of amidine groups is 1. The van der Waals surface area contributed by atoms with Crippen LogP contribution in [0.2, 0.25) is 0 Å². The van der Waals surface area contributed by atoms with Crippen molar-refractivity contribution in [3.05, 3.63) is 48.5 Å². The monoisotopic (exact) mass is 411 g/mol. The number of sulfonamides is 1. The number of nitrogens with two attached hydrogens (primary N) is 1. The Labute approximate surface area is 170 Å². The number of nitrogens with one attached hydrogen (secondary N) is 1. The van der Waals surface area contributed by atoms with Crippen LogP contribution in [0.25, 0.3) is 0 Å². The van der Waals surface area contributed by atoms with E-state index in [-0.39, 0.29) is 0 Å². The minimum atomic E-state index is -3.46. The summed E-state index contributed by atoms with van der Waals surface area (Å²) in [6.45, 7) is 1.93. The van der Waals surface area contributed by atoms with E-state index in [4.69, 9.17) is 5.73 Å². The van der Waals surface area contributed by atoms with E-state index < -0.39 is 10.0 Å². The Morgan fingerprint density at radius 2 is 1.86 bits per heavy atom. The maximum atomic E-state index is 11.9. The van der Waals surface area contributed by atoms with Crippen LogP contribution in [0, 0.1) is 0 Å². The van der Waals surface area contributed by atoms with Gasteiger partial charge >= 0.3 is 5.84 Å². The number of para-hydroxylation sites is 1. The van der Waals surface area contributed by atoms with Crippen molar-refractivity contribution >= 4 is 50.5 Å². The Morgan fingerprint density at radius 1 is 1.14 bits per heavy atom. The molecule has 2 heterocycles. The Bertz CT molecular complexity index is 1120. The molecule has 0 spiro atoms. The van der Waals surface area contributed by atoms with Gasteiger partial charge < -0.3 is 4.90 Å². The lowest BCUT2D eigenvalue weighted by molar-refractivity contribution is -0.441. The van der Waals surface area contributed by atoms with Crippen LogP contribution in [0.1, 0.15) is 12.8 Å². The van der Waals surface area contributed by atoms with Gasteiger partial charge in [-0.3, -0.25) is 10.5 Å². The van der Waals surface area contributed by atoms with Gasteiger partial charge in [0.1, 0.15) is 6.21 Å². The van der Waals surface area contributed by atoms with Gasteiger partial charge in [-0.15, -0.1) is 0 Å². The molecular weight excluding hydrogens is 388 g/mol. The fraction of sp³-hybridized carbons (Fsp3) is 0.250. The molecule has 2 aromatic carbocycles. The average molecular weight is 412 g/mol. The molecule has 0 unspecified atom stereocenters. The van der Waals surface area contributed by atoms with E-state index in [2.05, 4.69) is 19.7 Å². The van der Waals surface area contributed by atoms with Crippen molar-refractivity contribution in [1.29, 1.82) is 0 Å². The van der Waals surface area contributed by atoms with Crippen LogP contribution in [0.15, 0.2) is 58.6 Å². The van der Waals surface area contributed by atoms with Gasteiger partial charge in [0, 0.05) is 18.8 Å². The molecule has 150 valence electrons. The van der Waals surface area contributed by atoms with Gasteiger partial charge in [0.15, 0.2) is 11.4 Å². The summed E-state index contributed by atoms with van der Waals surface area (Å²) in [6, 6.07) is 15.1. The van der Waals surface area contributed by atoms with Gasteiger partial charge in [0.25, 0.3) is 0 Å². The first-order valence-electron chi connectivity index (χ1n) is 9.38. The van der Waals surface area contributed by atoms with E-state index in [1.165, 1.54) is 0 Å². The van der Waals surface area contributed by atoms with E-state index in [1.807, 2.05) is 42.5 Å². The normalized spacial score (nSPS) is 18.1. The number of aliphatic imine (C=N–C) groups is 1. The molecule has 9 heteroatoms. The Kier molecular flexibility index (Phi) is 5.06. The largest absolute Gasteiger partial charge is 0.371 e. The van der Waals surface area contributed by atoms with Gasteiger partial charge in [0.05, 0.1) is 17.6 Å². The molecule has 29 heavy (non-hydrogen) atoms. The number of rotatable bonds is 5. The molecule has 2 aliphatic heterocycles. The summed E-state index contributed by atoms with van der Waals surface area (Å²) >= 11 is 0. The zero-order valence-electron chi connectivity index (χ0n) is 16.1. The summed E-state index contributed by atoms with van der Waals surface area (Å²) in [6.07, 6.45) is 4.97. The summed E-state index contributed by atoms with van der Waals surface area (Å²) in [5.41, 5.74) is 9.42. The van der Waals surface area contributed by atoms with Gasteiger partial charge in [0.2, 0.25) is 10.0 Å². The van der Waals surface area contributed by atoms with Gasteiger partial charge in [-0.25, -0.2) is 13.4 Å². The second-order valence-corrected chi connectivity index (χ2v) is 8.79. The molecule has 2 aliphatic rings. The number of benzene rings is 2. The molecule has 8 nitrogen and oxygen atoms in total. The number of anilines is 2. The van der Waals surface area contributed by atoms with Crippen molar-refractivity contribution in [2.45, 2.75) is 12.8 Å². The van der Waals surface area contributed by atoms with Crippen LogP contribution < -0.4 is 15.4 Å². The van der Waals surface area contributed by atoms with Gasteiger partial charge in [-0.05, 0) is 43.2 Å². The van der Waals surface area contributed by atoms with Crippen LogP contribution in [0.5, 0.6) is 0 Å². The molecule has 3 N–H and O–H groups in total. The predicted molar refractivity (Wildman–Crippen MR) is 117 cm³/mol. The number of hydrogen-bond acceptors (Lipinski definition) is 6. The van der Waals surface area contributed by atoms with Crippen LogP contribution >= 0.6 is 0 Å². The zero-order chi connectivity index (χ0) is 20.4. The molecule has 2 aromatic rings. The summed E-state index contributed by atoms with van der Waals surface area (Å²) in [5.74, 6) is 0.380. The summed E-state index contributed by atoms with van der Waals surface area (Å²) < 4.78 is 27.9. The van der Waals surface area contributed by atoms with E-state index in [1.54, 1.807) is 17.0 Å². The van der Waals surface area contributed by atoms with Crippen molar-refractivity contribution in [2.75, 3.05) is 29.0 Å². The molecular formula is C20H23N6O2S+. The summed E-state index contributed by atoms with van der Waals surface area (Å²) in [4.78, 5) is 6.82. The van der Waals surface area contributed by atoms with Crippen LogP contribution in [0.4, 0.5) is 22.7 Å². The quantitative estimate of drug-likeness (QED) is 0.738. The maximum Gasteiger partial charge on any atom is 0.326 e. The average Bonchev–Trinajstić information content (AvgIpc) is 3.34. The number of hydrazone groups is 1. The second-order valence-electron chi connectivity index (χ2n) is 7.04. The lowest BCUT2D eigenvalue weighted by Gasteiger charge is -2.19. The van der Waals surface area contributed by atoms with Crippen molar-refractivity contribution < 1.29 is 13.1 Å². The Balaban J connectivity index is 1.72. The van der Waals surface area contributed by atoms with E-state index >= 15 is 0 Å². The highest BCUT2D eigenvalue weighted by atomic mass is 32.2. The maximum absolute atomic E-state index is 11.9. The first-order valence-corrected chi connectivity index (χ1v) is 11.3. The lowest BCUT2D eigenvalue weighted by atomic mass is 10.2. The number of nitrogens with zero attached hydrogens (tertiary/aromatic N) is 4. The SMILES string of the molecule is CS(=O)(=O)Nc1cc(N2CCCC2)ccc1N=C1C=N[N+](c2ccccc2)=C1N. The van der Waals surface area contributed by atoms with Crippen molar-refractivity contribution in [2.24, 2.45) is 15.8 Å². The van der Waals surface area contributed by atoms with Crippen molar-refractivity contribution in [1.82, 2.24) is 0 Å². The summed E-state index contributed by atoms with van der Waals surface area (Å²) in [7, 11) is -3.46. The highest BCUT2D eigenvalue weighted by Crippen LogP contribution is 2.32. The first-order chi connectivity index (χ1) is 13.9. The molecule has 0 radical (unpaired) electrons. The van der Waals surface area contributed by atoms with Crippen LogP contribution in [-0.2, 0) is 10.0 Å². The second kappa shape index (κ2) is 7.67. The smallest absolute Gasteiger partial charge is 0.326 e. The van der Waals surface area contributed by atoms with E-state index in [0.717, 1.165) is 43.6 Å². The lowest BCUT2D eigenvalue weighted by Crippen LogP contribution is -2.27. The fourth-order valence-corrected chi connectivity index (χ4v) is 3.98. The third-order valence-electron chi connectivity index (χ3n) is 4.77. The Morgan fingerprint density at radius 3 is 2.55 bits per heavy atom. The van der Waals surface area contributed by atoms with Crippen LogP contribution in [0.3, 0.4) is 0 Å². The van der Waals surface area contributed by atoms with E-state index in [0.29, 0.717) is 22.9 Å². The molecule has 0 amide bonds. The molecule has 0 aromatic heterocycles. The standard InChI is InChI=1S/C20H22N6O2S/c1-29(27,28)24-18-13-16(25-11-5-6-12-25)9-10-17(18)23-19-14-22-26(20(19)21)15-7-3-2-4-8-15/h2-4,7-10,13-14H,5-6,11-12H2,1H3,(H2,21,22,24)/p+1. The van der Waals surface area contributed by atoms with Crippen molar-refractivity contribution in [3.8, 4) is 0 Å². The van der Waals surface area contributed by atoms with E-state index in [9.17, 15) is 8.42 Å².